The number of rotatable bonds is 5. The number of benzene rings is 1. The molecule has 0 saturated carbocycles. The predicted molar refractivity (Wildman–Crippen MR) is 84.8 cm³/mol. The lowest BCUT2D eigenvalue weighted by Gasteiger charge is -2.09. The van der Waals surface area contributed by atoms with Gasteiger partial charge in [-0.05, 0) is 60.2 Å². The van der Waals surface area contributed by atoms with Gasteiger partial charge in [0, 0.05) is 16.2 Å². The Hall–Kier alpha value is -1.37. The second kappa shape index (κ2) is 6.70. The van der Waals surface area contributed by atoms with Crippen LogP contribution in [0.2, 0.25) is 0 Å². The number of nitrogens with zero attached hydrogens (tertiary/aromatic N) is 2. The molecular formula is C14H16IN3O. The molecule has 0 unspecified atom stereocenters. The van der Waals surface area contributed by atoms with E-state index < -0.39 is 0 Å². The van der Waals surface area contributed by atoms with E-state index in [0.29, 0.717) is 11.7 Å². The lowest BCUT2D eigenvalue weighted by molar-refractivity contribution is 0.460. The maximum atomic E-state index is 5.74. The first-order chi connectivity index (χ1) is 9.17. The van der Waals surface area contributed by atoms with Crippen LogP contribution in [0, 0.1) is 10.5 Å². The van der Waals surface area contributed by atoms with Crippen LogP contribution in [-0.4, -0.2) is 16.5 Å². The zero-order valence-corrected chi connectivity index (χ0v) is 13.1. The summed E-state index contributed by atoms with van der Waals surface area (Å²) in [6.45, 7) is 4.86. The summed E-state index contributed by atoms with van der Waals surface area (Å²) in [7, 11) is 0. The van der Waals surface area contributed by atoms with Crippen LogP contribution in [0.5, 0.6) is 11.6 Å². The minimum atomic E-state index is 0.562. The quantitative estimate of drug-likeness (QED) is 0.810. The third-order valence-corrected chi connectivity index (χ3v) is 3.13. The van der Waals surface area contributed by atoms with Crippen molar-refractivity contribution >= 4 is 28.4 Å². The average Bonchev–Trinajstić information content (AvgIpc) is 2.38. The molecule has 0 radical (unpaired) electrons. The average molecular weight is 369 g/mol. The van der Waals surface area contributed by atoms with Gasteiger partial charge < -0.3 is 10.1 Å². The minimum Gasteiger partial charge on any atom is -0.439 e. The molecule has 0 saturated heterocycles. The van der Waals surface area contributed by atoms with Crippen molar-refractivity contribution in [2.45, 2.75) is 20.3 Å². The molecule has 2 aromatic rings. The fraction of sp³-hybridized carbons (Fsp3) is 0.286. The largest absolute Gasteiger partial charge is 0.439 e. The second-order valence-electron chi connectivity index (χ2n) is 4.12. The zero-order chi connectivity index (χ0) is 13.7. The molecule has 4 nitrogen and oxygen atoms in total. The van der Waals surface area contributed by atoms with Gasteiger partial charge in [0.1, 0.15) is 17.4 Å². The number of hydrogen-bond acceptors (Lipinski definition) is 4. The van der Waals surface area contributed by atoms with E-state index in [0.717, 1.165) is 24.5 Å². The van der Waals surface area contributed by atoms with Crippen molar-refractivity contribution in [3.05, 3.63) is 39.7 Å². The summed E-state index contributed by atoms with van der Waals surface area (Å²) < 4.78 is 6.92. The van der Waals surface area contributed by atoms with Crippen LogP contribution in [0.1, 0.15) is 19.2 Å². The Bertz CT molecular complexity index is 543. The van der Waals surface area contributed by atoms with Crippen molar-refractivity contribution in [2.75, 3.05) is 11.9 Å². The number of aromatic nitrogens is 2. The number of aryl methyl sites for hydroxylation is 1. The highest BCUT2D eigenvalue weighted by molar-refractivity contribution is 14.1. The van der Waals surface area contributed by atoms with Crippen molar-refractivity contribution in [1.29, 1.82) is 0 Å². The second-order valence-corrected chi connectivity index (χ2v) is 5.37. The molecule has 0 aliphatic carbocycles. The third kappa shape index (κ3) is 4.34. The van der Waals surface area contributed by atoms with Crippen molar-refractivity contribution in [1.82, 2.24) is 9.97 Å². The lowest BCUT2D eigenvalue weighted by Crippen LogP contribution is -2.04. The molecule has 1 aromatic heterocycles. The molecule has 1 aromatic carbocycles. The lowest BCUT2D eigenvalue weighted by atomic mass is 10.3. The van der Waals surface area contributed by atoms with Gasteiger partial charge >= 0.3 is 0 Å². The van der Waals surface area contributed by atoms with Gasteiger partial charge in [0.25, 0.3) is 0 Å². The van der Waals surface area contributed by atoms with Crippen molar-refractivity contribution in [3.8, 4) is 11.6 Å². The standard InChI is InChI=1S/C14H16IN3O/c1-3-8-16-13-9-14(18-10(2)17-13)19-12-6-4-11(15)5-7-12/h4-7,9H,3,8H2,1-2H3,(H,16,17,18). The van der Waals surface area contributed by atoms with E-state index in [1.165, 1.54) is 3.57 Å². The first kappa shape index (κ1) is 14.0. The molecule has 0 amide bonds. The predicted octanol–water partition coefficient (Wildman–Crippen LogP) is 4.00. The zero-order valence-electron chi connectivity index (χ0n) is 11.0. The normalized spacial score (nSPS) is 10.3. The highest BCUT2D eigenvalue weighted by Crippen LogP contribution is 2.22. The molecule has 5 heteroatoms. The van der Waals surface area contributed by atoms with Crippen molar-refractivity contribution < 1.29 is 4.74 Å². The third-order valence-electron chi connectivity index (χ3n) is 2.41. The van der Waals surface area contributed by atoms with Crippen LogP contribution in [0.3, 0.4) is 0 Å². The Morgan fingerprint density at radius 2 is 1.95 bits per heavy atom. The molecule has 0 bridgehead atoms. The molecule has 1 heterocycles. The highest BCUT2D eigenvalue weighted by Gasteiger charge is 2.04. The molecule has 0 aliphatic heterocycles. The maximum Gasteiger partial charge on any atom is 0.224 e. The molecule has 1 N–H and O–H groups in total. The van der Waals surface area contributed by atoms with E-state index in [-0.39, 0.29) is 0 Å². The fourth-order valence-corrected chi connectivity index (χ4v) is 1.92. The van der Waals surface area contributed by atoms with E-state index in [9.17, 15) is 0 Å². The maximum absolute atomic E-state index is 5.74. The molecule has 0 fully saturated rings. The molecule has 0 spiro atoms. The van der Waals surface area contributed by atoms with Gasteiger partial charge in [-0.3, -0.25) is 0 Å². The minimum absolute atomic E-state index is 0.562. The Balaban J connectivity index is 2.15. The first-order valence-corrected chi connectivity index (χ1v) is 7.28. The van der Waals surface area contributed by atoms with Gasteiger partial charge in [-0.15, -0.1) is 0 Å². The number of hydrogen-bond donors (Lipinski definition) is 1. The van der Waals surface area contributed by atoms with Gasteiger partial charge in [0.2, 0.25) is 5.88 Å². The Kier molecular flexibility index (Phi) is 4.95. The summed E-state index contributed by atoms with van der Waals surface area (Å²) in [5.74, 6) is 2.84. The molecule has 0 aliphatic rings. The molecular weight excluding hydrogens is 353 g/mol. The fourth-order valence-electron chi connectivity index (χ4n) is 1.56. The van der Waals surface area contributed by atoms with E-state index in [2.05, 4.69) is 44.8 Å². The van der Waals surface area contributed by atoms with E-state index in [1.807, 2.05) is 37.3 Å². The first-order valence-electron chi connectivity index (χ1n) is 6.20. The van der Waals surface area contributed by atoms with Crippen molar-refractivity contribution in [3.63, 3.8) is 0 Å². The van der Waals surface area contributed by atoms with Crippen LogP contribution in [0.25, 0.3) is 0 Å². The summed E-state index contributed by atoms with van der Waals surface area (Å²) in [5, 5.41) is 3.24. The van der Waals surface area contributed by atoms with E-state index >= 15 is 0 Å². The summed E-state index contributed by atoms with van der Waals surface area (Å²) in [4.78, 5) is 8.61. The Morgan fingerprint density at radius 1 is 1.21 bits per heavy atom. The number of ether oxygens (including phenoxy) is 1. The number of anilines is 1. The number of halogens is 1. The summed E-state index contributed by atoms with van der Waals surface area (Å²) >= 11 is 2.26. The molecule has 0 atom stereocenters. The van der Waals surface area contributed by atoms with Gasteiger partial charge in [-0.1, -0.05) is 6.92 Å². The van der Waals surface area contributed by atoms with Crippen molar-refractivity contribution in [2.24, 2.45) is 0 Å². The van der Waals surface area contributed by atoms with Crippen LogP contribution in [0.4, 0.5) is 5.82 Å². The van der Waals surface area contributed by atoms with E-state index in [4.69, 9.17) is 4.74 Å². The highest BCUT2D eigenvalue weighted by atomic mass is 127. The van der Waals surface area contributed by atoms with Crippen LogP contribution in [-0.2, 0) is 0 Å². The number of nitrogens with one attached hydrogen (secondary N) is 1. The van der Waals surface area contributed by atoms with Crippen LogP contribution in [0.15, 0.2) is 30.3 Å². The molecule has 19 heavy (non-hydrogen) atoms. The van der Waals surface area contributed by atoms with Gasteiger partial charge in [0.15, 0.2) is 0 Å². The van der Waals surface area contributed by atoms with Gasteiger partial charge in [-0.25, -0.2) is 4.98 Å². The Morgan fingerprint density at radius 3 is 2.63 bits per heavy atom. The molecule has 100 valence electrons. The smallest absolute Gasteiger partial charge is 0.224 e. The van der Waals surface area contributed by atoms with Crippen LogP contribution < -0.4 is 10.1 Å². The molecule has 2 rings (SSSR count). The SMILES string of the molecule is CCCNc1cc(Oc2ccc(I)cc2)nc(C)n1. The summed E-state index contributed by atoms with van der Waals surface area (Å²) in [5.41, 5.74) is 0. The van der Waals surface area contributed by atoms with E-state index in [1.54, 1.807) is 0 Å². The summed E-state index contributed by atoms with van der Waals surface area (Å²) in [6, 6.07) is 9.68. The van der Waals surface area contributed by atoms with Gasteiger partial charge in [0.05, 0.1) is 0 Å². The Labute approximate surface area is 126 Å². The van der Waals surface area contributed by atoms with Crippen LogP contribution >= 0.6 is 22.6 Å². The topological polar surface area (TPSA) is 47.0 Å². The summed E-state index contributed by atoms with van der Waals surface area (Å²) in [6.07, 6.45) is 1.05. The van der Waals surface area contributed by atoms with Gasteiger partial charge in [-0.2, -0.15) is 4.98 Å². The monoisotopic (exact) mass is 369 g/mol.